The van der Waals surface area contributed by atoms with Crippen LogP contribution in [-0.2, 0) is 7.05 Å². The van der Waals surface area contributed by atoms with E-state index in [1.54, 1.807) is 17.9 Å². The van der Waals surface area contributed by atoms with Gasteiger partial charge in [-0.15, -0.1) is 0 Å². The number of halogens is 1. The number of nitrogens with one attached hydrogen (secondary N) is 1. The summed E-state index contributed by atoms with van der Waals surface area (Å²) >= 11 is 5.73. The van der Waals surface area contributed by atoms with Crippen molar-refractivity contribution in [2.45, 2.75) is 0 Å². The second kappa shape index (κ2) is 2.85. The third-order valence-corrected chi connectivity index (χ3v) is 1.94. The molecule has 0 saturated heterocycles. The summed E-state index contributed by atoms with van der Waals surface area (Å²) < 4.78 is 1.80. The summed E-state index contributed by atoms with van der Waals surface area (Å²) in [7, 11) is 3.63. The number of aromatic nitrogens is 4. The molecule has 2 aromatic rings. The molecule has 0 radical (unpaired) electrons. The van der Waals surface area contributed by atoms with Crippen molar-refractivity contribution in [3.05, 3.63) is 11.6 Å². The van der Waals surface area contributed by atoms with Gasteiger partial charge < -0.3 is 9.88 Å². The molecule has 0 aliphatic carbocycles. The van der Waals surface area contributed by atoms with Crippen molar-refractivity contribution in [3.8, 4) is 0 Å². The predicted octanol–water partition coefficient (Wildman–Crippen LogP) is 1.06. The van der Waals surface area contributed by atoms with Gasteiger partial charge in [-0.05, 0) is 11.6 Å². The Morgan fingerprint density at radius 2 is 2.23 bits per heavy atom. The average molecular weight is 198 g/mol. The molecule has 0 aromatic carbocycles. The van der Waals surface area contributed by atoms with Crippen LogP contribution in [0, 0.1) is 0 Å². The third kappa shape index (κ3) is 1.21. The van der Waals surface area contributed by atoms with E-state index in [1.807, 2.05) is 7.05 Å². The smallest absolute Gasteiger partial charge is 0.226 e. The number of anilines is 1. The first kappa shape index (κ1) is 8.25. The van der Waals surface area contributed by atoms with Gasteiger partial charge in [0, 0.05) is 14.1 Å². The zero-order valence-corrected chi connectivity index (χ0v) is 8.00. The van der Waals surface area contributed by atoms with Crippen molar-refractivity contribution in [1.29, 1.82) is 0 Å². The molecule has 0 aliphatic rings. The van der Waals surface area contributed by atoms with Crippen molar-refractivity contribution in [1.82, 2.24) is 19.5 Å². The topological polar surface area (TPSA) is 55.6 Å². The van der Waals surface area contributed by atoms with Crippen LogP contribution in [0.5, 0.6) is 0 Å². The SMILES string of the molecule is CNc1nc(Cl)nc2c1ncn2C. The molecule has 6 heteroatoms. The molecule has 0 spiro atoms. The number of rotatable bonds is 1. The quantitative estimate of drug-likeness (QED) is 0.695. The Kier molecular flexibility index (Phi) is 1.81. The average Bonchev–Trinajstić information content (AvgIpc) is 2.47. The summed E-state index contributed by atoms with van der Waals surface area (Å²) in [5, 5.41) is 3.14. The number of nitrogens with zero attached hydrogens (tertiary/aromatic N) is 4. The fourth-order valence-electron chi connectivity index (χ4n) is 1.15. The molecule has 2 heterocycles. The summed E-state index contributed by atoms with van der Waals surface area (Å²) in [4.78, 5) is 12.2. The molecule has 2 aromatic heterocycles. The first-order chi connectivity index (χ1) is 6.22. The molecule has 0 unspecified atom stereocenters. The molecule has 0 saturated carbocycles. The number of hydrogen-bond acceptors (Lipinski definition) is 4. The molecule has 0 bridgehead atoms. The predicted molar refractivity (Wildman–Crippen MR) is 50.9 cm³/mol. The second-order valence-corrected chi connectivity index (χ2v) is 2.96. The Bertz CT molecular complexity index is 449. The van der Waals surface area contributed by atoms with Crippen LogP contribution in [0.2, 0.25) is 5.28 Å². The van der Waals surface area contributed by atoms with Gasteiger partial charge in [-0.3, -0.25) is 0 Å². The van der Waals surface area contributed by atoms with Crippen LogP contribution in [-0.4, -0.2) is 26.6 Å². The minimum atomic E-state index is 0.223. The zero-order chi connectivity index (χ0) is 9.42. The van der Waals surface area contributed by atoms with Crippen molar-refractivity contribution in [3.63, 3.8) is 0 Å². The first-order valence-electron chi connectivity index (χ1n) is 3.74. The Labute approximate surface area is 79.8 Å². The molecule has 0 atom stereocenters. The molecule has 2 rings (SSSR count). The fraction of sp³-hybridized carbons (Fsp3) is 0.286. The van der Waals surface area contributed by atoms with E-state index in [2.05, 4.69) is 20.3 Å². The highest BCUT2D eigenvalue weighted by Crippen LogP contribution is 2.18. The van der Waals surface area contributed by atoms with E-state index >= 15 is 0 Å². The van der Waals surface area contributed by atoms with E-state index in [1.165, 1.54) is 0 Å². The Morgan fingerprint density at radius 3 is 2.92 bits per heavy atom. The minimum Gasteiger partial charge on any atom is -0.371 e. The summed E-state index contributed by atoms with van der Waals surface area (Å²) in [5.41, 5.74) is 1.46. The van der Waals surface area contributed by atoms with Crippen LogP contribution in [0.3, 0.4) is 0 Å². The molecule has 5 nitrogen and oxygen atoms in total. The van der Waals surface area contributed by atoms with Crippen molar-refractivity contribution < 1.29 is 0 Å². The molecule has 1 N–H and O–H groups in total. The normalized spacial score (nSPS) is 10.7. The molecular formula is C7H8ClN5. The summed E-state index contributed by atoms with van der Waals surface area (Å²) in [6.07, 6.45) is 1.68. The number of aryl methyl sites for hydroxylation is 1. The zero-order valence-electron chi connectivity index (χ0n) is 7.24. The summed E-state index contributed by atoms with van der Waals surface area (Å²) in [6, 6.07) is 0. The monoisotopic (exact) mass is 197 g/mol. The maximum atomic E-state index is 5.73. The molecule has 0 aliphatic heterocycles. The van der Waals surface area contributed by atoms with Gasteiger partial charge in [0.1, 0.15) is 0 Å². The lowest BCUT2D eigenvalue weighted by Gasteiger charge is -2.00. The fourth-order valence-corrected chi connectivity index (χ4v) is 1.32. The van der Waals surface area contributed by atoms with E-state index in [9.17, 15) is 0 Å². The van der Waals surface area contributed by atoms with Gasteiger partial charge in [-0.2, -0.15) is 9.97 Å². The van der Waals surface area contributed by atoms with E-state index in [4.69, 9.17) is 11.6 Å². The van der Waals surface area contributed by atoms with Crippen LogP contribution in [0.25, 0.3) is 11.2 Å². The number of hydrogen-bond donors (Lipinski definition) is 1. The van der Waals surface area contributed by atoms with Gasteiger partial charge in [-0.25, -0.2) is 4.98 Å². The van der Waals surface area contributed by atoms with Crippen LogP contribution >= 0.6 is 11.6 Å². The molecule has 68 valence electrons. The first-order valence-corrected chi connectivity index (χ1v) is 4.12. The highest BCUT2D eigenvalue weighted by molar-refractivity contribution is 6.28. The Hall–Kier alpha value is -1.36. The van der Waals surface area contributed by atoms with Crippen LogP contribution in [0.4, 0.5) is 5.82 Å². The Morgan fingerprint density at radius 1 is 1.46 bits per heavy atom. The van der Waals surface area contributed by atoms with Crippen molar-refractivity contribution in [2.75, 3.05) is 12.4 Å². The highest BCUT2D eigenvalue weighted by atomic mass is 35.5. The van der Waals surface area contributed by atoms with Gasteiger partial charge in [-0.1, -0.05) is 0 Å². The lowest BCUT2D eigenvalue weighted by atomic mass is 10.5. The maximum Gasteiger partial charge on any atom is 0.226 e. The van der Waals surface area contributed by atoms with E-state index in [-0.39, 0.29) is 5.28 Å². The Balaban J connectivity index is 2.84. The second-order valence-electron chi connectivity index (χ2n) is 2.62. The number of imidazole rings is 1. The van der Waals surface area contributed by atoms with Crippen LogP contribution in [0.15, 0.2) is 6.33 Å². The van der Waals surface area contributed by atoms with Crippen LogP contribution < -0.4 is 5.32 Å². The number of fused-ring (bicyclic) bond motifs is 1. The van der Waals surface area contributed by atoms with Gasteiger partial charge in [0.25, 0.3) is 0 Å². The van der Waals surface area contributed by atoms with E-state index < -0.39 is 0 Å². The largest absolute Gasteiger partial charge is 0.371 e. The lowest BCUT2D eigenvalue weighted by molar-refractivity contribution is 0.928. The van der Waals surface area contributed by atoms with Gasteiger partial charge in [0.15, 0.2) is 17.0 Å². The minimum absolute atomic E-state index is 0.223. The molecule has 0 amide bonds. The summed E-state index contributed by atoms with van der Waals surface area (Å²) in [5.74, 6) is 0.649. The third-order valence-electron chi connectivity index (χ3n) is 1.77. The standard InChI is InChI=1S/C7H8ClN5/c1-9-5-4-6(12-7(8)11-5)13(2)3-10-4/h3H,1-2H3,(H,9,11,12). The molecule has 13 heavy (non-hydrogen) atoms. The summed E-state index contributed by atoms with van der Waals surface area (Å²) in [6.45, 7) is 0. The van der Waals surface area contributed by atoms with Crippen molar-refractivity contribution in [2.24, 2.45) is 7.05 Å². The highest BCUT2D eigenvalue weighted by Gasteiger charge is 2.08. The van der Waals surface area contributed by atoms with Gasteiger partial charge >= 0.3 is 0 Å². The van der Waals surface area contributed by atoms with Crippen LogP contribution in [0.1, 0.15) is 0 Å². The van der Waals surface area contributed by atoms with Crippen molar-refractivity contribution >= 4 is 28.6 Å². The van der Waals surface area contributed by atoms with E-state index in [0.717, 1.165) is 11.2 Å². The lowest BCUT2D eigenvalue weighted by Crippen LogP contribution is -1.97. The maximum absolute atomic E-state index is 5.73. The van der Waals surface area contributed by atoms with Gasteiger partial charge in [0.05, 0.1) is 6.33 Å². The molecule has 0 fully saturated rings. The van der Waals surface area contributed by atoms with E-state index in [0.29, 0.717) is 5.82 Å². The van der Waals surface area contributed by atoms with Gasteiger partial charge in [0.2, 0.25) is 5.28 Å². The molecular weight excluding hydrogens is 190 g/mol.